The van der Waals surface area contributed by atoms with E-state index >= 15 is 0 Å². The van der Waals surface area contributed by atoms with Crippen molar-refractivity contribution in [3.05, 3.63) is 47.0 Å². The number of hydrogen-bond donors (Lipinski definition) is 0. The Morgan fingerprint density at radius 1 is 0.724 bits per heavy atom. The van der Waals surface area contributed by atoms with Gasteiger partial charge in [-0.05, 0) is 42.7 Å². The predicted octanol–water partition coefficient (Wildman–Crippen LogP) is 6.97. The molecule has 0 N–H and O–H groups in total. The molecular formula is C27H36O2. The van der Waals surface area contributed by atoms with E-state index in [0.717, 1.165) is 12.8 Å². The SMILES string of the molecule is CCCCCCCCCCCCc1ccc2c(c1)C(=O)C1C3C=CC(C3)C1C2=O. The van der Waals surface area contributed by atoms with Gasteiger partial charge in [-0.1, -0.05) is 89.0 Å². The van der Waals surface area contributed by atoms with Gasteiger partial charge < -0.3 is 0 Å². The lowest BCUT2D eigenvalue weighted by Crippen LogP contribution is -2.38. The molecule has 0 saturated heterocycles. The van der Waals surface area contributed by atoms with Crippen LogP contribution in [0.15, 0.2) is 30.4 Å². The van der Waals surface area contributed by atoms with E-state index in [-0.39, 0.29) is 23.4 Å². The van der Waals surface area contributed by atoms with Gasteiger partial charge in [0.1, 0.15) is 0 Å². The van der Waals surface area contributed by atoms with Crippen LogP contribution < -0.4 is 0 Å². The predicted molar refractivity (Wildman–Crippen MR) is 118 cm³/mol. The van der Waals surface area contributed by atoms with Gasteiger partial charge >= 0.3 is 0 Å². The van der Waals surface area contributed by atoms with Crippen LogP contribution in [0.4, 0.5) is 0 Å². The van der Waals surface area contributed by atoms with Gasteiger partial charge in [0, 0.05) is 23.0 Å². The summed E-state index contributed by atoms with van der Waals surface area (Å²) in [4.78, 5) is 26.1. The van der Waals surface area contributed by atoms with Crippen molar-refractivity contribution in [3.63, 3.8) is 0 Å². The standard InChI is InChI=1S/C27H36O2/c1-2-3-4-5-6-7-8-9-10-11-12-19-13-16-22-23(17-19)27(29)25-21-15-14-20(18-21)24(25)26(22)28/h13-17,20-21,24-25H,2-12,18H2,1H3. The molecule has 1 aromatic carbocycles. The number of carbonyl (C=O) groups excluding carboxylic acids is 2. The third-order valence-electron chi connectivity index (χ3n) is 7.50. The third-order valence-corrected chi connectivity index (χ3v) is 7.50. The van der Waals surface area contributed by atoms with Gasteiger partial charge in [0.05, 0.1) is 0 Å². The van der Waals surface area contributed by atoms with Gasteiger partial charge in [0.25, 0.3) is 0 Å². The first-order valence-corrected chi connectivity index (χ1v) is 12.1. The molecule has 4 unspecified atom stereocenters. The maximum atomic E-state index is 13.1. The number of benzene rings is 1. The van der Waals surface area contributed by atoms with Crippen LogP contribution in [0.5, 0.6) is 0 Å². The lowest BCUT2D eigenvalue weighted by molar-refractivity contribution is 0.0720. The van der Waals surface area contributed by atoms with Crippen molar-refractivity contribution in [1.82, 2.24) is 0 Å². The number of hydrogen-bond acceptors (Lipinski definition) is 2. The molecule has 2 nitrogen and oxygen atoms in total. The first kappa shape index (κ1) is 20.6. The van der Waals surface area contributed by atoms with E-state index in [9.17, 15) is 9.59 Å². The molecule has 156 valence electrons. The molecule has 4 atom stereocenters. The Kier molecular flexibility index (Phi) is 6.67. The smallest absolute Gasteiger partial charge is 0.168 e. The molecule has 1 saturated carbocycles. The Balaban J connectivity index is 1.25. The van der Waals surface area contributed by atoms with Crippen LogP contribution in [0.25, 0.3) is 0 Å². The van der Waals surface area contributed by atoms with Crippen LogP contribution in [0.1, 0.15) is 104 Å². The molecule has 2 bridgehead atoms. The largest absolute Gasteiger partial charge is 0.294 e. The first-order valence-electron chi connectivity index (χ1n) is 12.1. The van der Waals surface area contributed by atoms with Gasteiger partial charge in [0.2, 0.25) is 0 Å². The fourth-order valence-corrected chi connectivity index (χ4v) is 5.88. The van der Waals surface area contributed by atoms with E-state index < -0.39 is 0 Å². The second-order valence-electron chi connectivity index (χ2n) is 9.54. The number of unbranched alkanes of at least 4 members (excludes halogenated alkanes) is 9. The fraction of sp³-hybridized carbons (Fsp3) is 0.630. The Morgan fingerprint density at radius 3 is 1.90 bits per heavy atom. The van der Waals surface area contributed by atoms with Gasteiger partial charge in [-0.15, -0.1) is 0 Å². The van der Waals surface area contributed by atoms with E-state index in [2.05, 4.69) is 25.1 Å². The quantitative estimate of drug-likeness (QED) is 0.301. The zero-order valence-corrected chi connectivity index (χ0v) is 18.0. The minimum atomic E-state index is -0.0856. The summed E-state index contributed by atoms with van der Waals surface area (Å²) in [7, 11) is 0. The molecule has 0 heterocycles. The zero-order chi connectivity index (χ0) is 20.2. The van der Waals surface area contributed by atoms with Crippen molar-refractivity contribution in [3.8, 4) is 0 Å². The molecule has 1 aromatic rings. The van der Waals surface area contributed by atoms with Crippen molar-refractivity contribution < 1.29 is 9.59 Å². The van der Waals surface area contributed by atoms with E-state index in [1.54, 1.807) is 0 Å². The van der Waals surface area contributed by atoms with Crippen molar-refractivity contribution in [2.45, 2.75) is 84.0 Å². The van der Waals surface area contributed by atoms with Crippen LogP contribution in [-0.4, -0.2) is 11.6 Å². The summed E-state index contributed by atoms with van der Waals surface area (Å²) < 4.78 is 0. The maximum Gasteiger partial charge on any atom is 0.168 e. The highest BCUT2D eigenvalue weighted by atomic mass is 16.1. The number of ketones is 2. The summed E-state index contributed by atoms with van der Waals surface area (Å²) in [6.45, 7) is 2.27. The Labute approximate surface area is 176 Å². The van der Waals surface area contributed by atoms with Gasteiger partial charge in [-0.25, -0.2) is 0 Å². The van der Waals surface area contributed by atoms with Crippen molar-refractivity contribution >= 4 is 11.6 Å². The highest BCUT2D eigenvalue weighted by molar-refractivity contribution is 6.16. The normalized spacial score (nSPS) is 26.8. The van der Waals surface area contributed by atoms with Crippen molar-refractivity contribution in [1.29, 1.82) is 0 Å². The molecule has 3 aliphatic rings. The van der Waals surface area contributed by atoms with Crippen LogP contribution in [-0.2, 0) is 6.42 Å². The number of Topliss-reactive ketones (excluding diaryl/α,β-unsaturated/α-hetero) is 2. The van der Waals surface area contributed by atoms with Crippen LogP contribution in [0.2, 0.25) is 0 Å². The van der Waals surface area contributed by atoms with E-state index in [4.69, 9.17) is 0 Å². The first-order chi connectivity index (χ1) is 14.2. The average molecular weight is 393 g/mol. The number of carbonyl (C=O) groups is 2. The van der Waals surface area contributed by atoms with Gasteiger partial charge in [-0.2, -0.15) is 0 Å². The highest BCUT2D eigenvalue weighted by Crippen LogP contribution is 2.52. The van der Waals surface area contributed by atoms with Crippen LogP contribution >= 0.6 is 0 Å². The van der Waals surface area contributed by atoms with Crippen molar-refractivity contribution in [2.24, 2.45) is 23.7 Å². The zero-order valence-electron chi connectivity index (χ0n) is 18.0. The molecule has 4 rings (SSSR count). The summed E-state index contributed by atoms with van der Waals surface area (Å²) >= 11 is 0. The molecule has 0 spiro atoms. The monoisotopic (exact) mass is 392 g/mol. The number of allylic oxidation sites excluding steroid dienone is 2. The summed E-state index contributed by atoms with van der Waals surface area (Å²) in [6, 6.07) is 6.06. The van der Waals surface area contributed by atoms with Gasteiger partial charge in [-0.3, -0.25) is 9.59 Å². The summed E-state index contributed by atoms with van der Waals surface area (Å²) in [5.41, 5.74) is 2.62. The summed E-state index contributed by atoms with van der Waals surface area (Å²) in [5.74, 6) is 0.856. The van der Waals surface area contributed by atoms with E-state index in [1.807, 2.05) is 12.1 Å². The average Bonchev–Trinajstić information content (AvgIpc) is 3.35. The topological polar surface area (TPSA) is 34.1 Å². The van der Waals surface area contributed by atoms with Crippen LogP contribution in [0, 0.1) is 23.7 Å². The second-order valence-corrected chi connectivity index (χ2v) is 9.54. The fourth-order valence-electron chi connectivity index (χ4n) is 5.88. The second kappa shape index (κ2) is 9.41. The molecule has 1 fully saturated rings. The van der Waals surface area contributed by atoms with Gasteiger partial charge in [0.15, 0.2) is 11.6 Å². The number of rotatable bonds is 11. The maximum absolute atomic E-state index is 13.1. The number of fused-ring (bicyclic) bond motifs is 6. The molecule has 29 heavy (non-hydrogen) atoms. The Hall–Kier alpha value is -1.70. The van der Waals surface area contributed by atoms with Crippen LogP contribution in [0.3, 0.4) is 0 Å². The molecule has 0 radical (unpaired) electrons. The number of aryl methyl sites for hydroxylation is 1. The summed E-state index contributed by atoms with van der Waals surface area (Å²) in [5, 5.41) is 0. The molecule has 0 amide bonds. The summed E-state index contributed by atoms with van der Waals surface area (Å²) in [6.07, 6.45) is 19.7. The molecule has 0 aromatic heterocycles. The minimum absolute atomic E-state index is 0.0853. The Morgan fingerprint density at radius 2 is 1.28 bits per heavy atom. The molecule has 0 aliphatic heterocycles. The lowest BCUT2D eigenvalue weighted by atomic mass is 9.69. The third kappa shape index (κ3) is 4.27. The van der Waals surface area contributed by atoms with E-state index in [1.165, 1.54) is 69.8 Å². The minimum Gasteiger partial charge on any atom is -0.294 e. The molecular weight excluding hydrogens is 356 g/mol. The Bertz CT molecular complexity index is 775. The van der Waals surface area contributed by atoms with E-state index in [0.29, 0.717) is 23.0 Å². The highest BCUT2D eigenvalue weighted by Gasteiger charge is 2.54. The molecule has 2 heteroatoms. The molecule has 3 aliphatic carbocycles. The lowest BCUT2D eigenvalue weighted by Gasteiger charge is -2.31. The van der Waals surface area contributed by atoms with Crippen molar-refractivity contribution in [2.75, 3.05) is 0 Å².